The normalized spacial score (nSPS) is 21.8. The molecule has 2 fully saturated rings. The van der Waals surface area contributed by atoms with Crippen molar-refractivity contribution in [2.45, 2.75) is 38.3 Å². The fraction of sp³-hybridized carbons (Fsp3) is 0.524. The van der Waals surface area contributed by atoms with E-state index in [1.54, 1.807) is 18.0 Å². The van der Waals surface area contributed by atoms with Crippen LogP contribution in [0.1, 0.15) is 30.6 Å². The summed E-state index contributed by atoms with van der Waals surface area (Å²) in [7, 11) is 0.377. The van der Waals surface area contributed by atoms with E-state index in [9.17, 15) is 19.2 Å². The second kappa shape index (κ2) is 11.4. The van der Waals surface area contributed by atoms with Crippen molar-refractivity contribution >= 4 is 54.1 Å². The maximum atomic E-state index is 12.7. The van der Waals surface area contributed by atoms with Gasteiger partial charge in [-0.1, -0.05) is 37.0 Å². The Kier molecular flexibility index (Phi) is 8.80. The molecule has 0 radical (unpaired) electrons. The number of fused-ring (bicyclic) bond motifs is 2. The van der Waals surface area contributed by atoms with E-state index in [1.165, 1.54) is 12.1 Å². The second-order valence-electron chi connectivity index (χ2n) is 8.71. The first kappa shape index (κ1) is 26.3. The fourth-order valence-electron chi connectivity index (χ4n) is 3.87. The van der Waals surface area contributed by atoms with Crippen LogP contribution in [-0.2, 0) is 23.7 Å². The summed E-state index contributed by atoms with van der Waals surface area (Å²) >= 11 is 11.9. The van der Waals surface area contributed by atoms with Crippen LogP contribution in [-0.4, -0.2) is 80.5 Å². The van der Waals surface area contributed by atoms with Gasteiger partial charge in [-0.05, 0) is 37.6 Å². The van der Waals surface area contributed by atoms with E-state index < -0.39 is 48.9 Å². The Balaban J connectivity index is 1.68. The zero-order valence-electron chi connectivity index (χ0n) is 19.1. The van der Waals surface area contributed by atoms with E-state index in [0.29, 0.717) is 24.5 Å². The van der Waals surface area contributed by atoms with Gasteiger partial charge in [0.2, 0.25) is 5.91 Å². The highest BCUT2D eigenvalue weighted by Gasteiger charge is 2.48. The number of likely N-dealkylation sites (N-methyl/N-ethyl adjacent to an activating group) is 1. The number of carbonyl (C=O) groups is 4. The molecular weight excluding hydrogens is 486 g/mol. The molecule has 0 aromatic heterocycles. The van der Waals surface area contributed by atoms with Crippen LogP contribution >= 0.6 is 23.2 Å². The standard InChI is InChI=1S/C21H27BCl2N4O6/c1-11(2)6-17(22-33-20(31)15-8-25-9-16(28(15)3)21(32)34-22)27-18(29)10-26-19(30)13-7-12(23)4-5-14(13)24/h4-5,7,11,15-17,25H,6,8-10H2,1-3H3,(H,26,30)(H,27,29)/t15-,16+,17?. The van der Waals surface area contributed by atoms with E-state index in [2.05, 4.69) is 16.0 Å². The summed E-state index contributed by atoms with van der Waals surface area (Å²) in [6.45, 7) is 4.14. The number of rotatable bonds is 7. The lowest BCUT2D eigenvalue weighted by Crippen LogP contribution is -2.66. The van der Waals surface area contributed by atoms with Crippen molar-refractivity contribution in [3.05, 3.63) is 33.8 Å². The molecule has 10 nitrogen and oxygen atoms in total. The predicted octanol–water partition coefficient (Wildman–Crippen LogP) is 0.654. The highest BCUT2D eigenvalue weighted by molar-refractivity contribution is 6.51. The largest absolute Gasteiger partial charge is 0.622 e. The summed E-state index contributed by atoms with van der Waals surface area (Å²) in [4.78, 5) is 52.1. The maximum Gasteiger partial charge on any atom is 0.622 e. The number of piperazine rings is 1. The van der Waals surface area contributed by atoms with E-state index in [4.69, 9.17) is 32.5 Å². The van der Waals surface area contributed by atoms with Gasteiger partial charge in [-0.25, -0.2) is 0 Å². The number of benzene rings is 1. The number of hydrogen-bond acceptors (Lipinski definition) is 8. The van der Waals surface area contributed by atoms with E-state index in [1.807, 2.05) is 13.8 Å². The molecule has 2 saturated heterocycles. The lowest BCUT2D eigenvalue weighted by atomic mass is 9.73. The SMILES string of the molecule is CC(C)CC(NC(=O)CNC(=O)c1cc(Cl)ccc1Cl)B1OC(=O)[C@H]2CNC[C@@H](C(=O)O1)N2C. The molecule has 3 rings (SSSR count). The van der Waals surface area contributed by atoms with Crippen LogP contribution in [0.2, 0.25) is 10.0 Å². The molecule has 13 heteroatoms. The topological polar surface area (TPSA) is 126 Å². The summed E-state index contributed by atoms with van der Waals surface area (Å²) < 4.78 is 11.0. The smallest absolute Gasteiger partial charge is 0.497 e. The first-order chi connectivity index (χ1) is 16.1. The molecule has 34 heavy (non-hydrogen) atoms. The second-order valence-corrected chi connectivity index (χ2v) is 9.55. The van der Waals surface area contributed by atoms with Gasteiger partial charge in [0.05, 0.1) is 23.1 Å². The van der Waals surface area contributed by atoms with Crippen LogP contribution in [0.4, 0.5) is 0 Å². The minimum Gasteiger partial charge on any atom is -0.497 e. The van der Waals surface area contributed by atoms with E-state index in [0.717, 1.165) is 0 Å². The monoisotopic (exact) mass is 512 g/mol. The molecule has 0 aliphatic carbocycles. The van der Waals surface area contributed by atoms with Crippen LogP contribution in [0.3, 0.4) is 0 Å². The van der Waals surface area contributed by atoms with Crippen molar-refractivity contribution in [2.75, 3.05) is 26.7 Å². The Morgan fingerprint density at radius 3 is 2.38 bits per heavy atom. The lowest BCUT2D eigenvalue weighted by molar-refractivity contribution is -0.156. The van der Waals surface area contributed by atoms with Gasteiger partial charge in [0.15, 0.2) is 0 Å². The molecule has 184 valence electrons. The Morgan fingerprint density at radius 2 is 1.79 bits per heavy atom. The van der Waals surface area contributed by atoms with Gasteiger partial charge in [0.25, 0.3) is 5.91 Å². The van der Waals surface area contributed by atoms with Gasteiger partial charge in [-0.15, -0.1) is 0 Å². The molecule has 1 aromatic carbocycles. The van der Waals surface area contributed by atoms with Crippen LogP contribution in [0.5, 0.6) is 0 Å². The van der Waals surface area contributed by atoms with Crippen LogP contribution in [0.25, 0.3) is 0 Å². The van der Waals surface area contributed by atoms with Crippen LogP contribution in [0, 0.1) is 5.92 Å². The summed E-state index contributed by atoms with van der Waals surface area (Å²) in [5.41, 5.74) is 0.132. The lowest BCUT2D eigenvalue weighted by Gasteiger charge is -2.40. The average Bonchev–Trinajstić information content (AvgIpc) is 2.77. The van der Waals surface area contributed by atoms with Crippen molar-refractivity contribution < 1.29 is 28.5 Å². The van der Waals surface area contributed by atoms with Crippen molar-refractivity contribution in [3.63, 3.8) is 0 Å². The minimum atomic E-state index is -1.29. The van der Waals surface area contributed by atoms with Gasteiger partial charge in [-0.2, -0.15) is 0 Å². The number of carbonyl (C=O) groups excluding carboxylic acids is 4. The molecule has 3 N–H and O–H groups in total. The van der Waals surface area contributed by atoms with E-state index in [-0.39, 0.29) is 23.0 Å². The van der Waals surface area contributed by atoms with Crippen molar-refractivity contribution in [2.24, 2.45) is 5.92 Å². The Morgan fingerprint density at radius 1 is 1.18 bits per heavy atom. The third kappa shape index (κ3) is 6.41. The minimum absolute atomic E-state index is 0.0804. The van der Waals surface area contributed by atoms with Gasteiger partial charge in [0.1, 0.15) is 12.1 Å². The van der Waals surface area contributed by atoms with Crippen molar-refractivity contribution in [1.82, 2.24) is 20.9 Å². The van der Waals surface area contributed by atoms with Gasteiger partial charge < -0.3 is 25.3 Å². The zero-order chi connectivity index (χ0) is 25.0. The highest BCUT2D eigenvalue weighted by atomic mass is 35.5. The van der Waals surface area contributed by atoms with Gasteiger partial charge in [-0.3, -0.25) is 24.1 Å². The summed E-state index contributed by atoms with van der Waals surface area (Å²) in [6, 6.07) is 3.13. The highest BCUT2D eigenvalue weighted by Crippen LogP contribution is 2.21. The van der Waals surface area contributed by atoms with E-state index >= 15 is 0 Å². The molecule has 2 bridgehead atoms. The Bertz CT molecular complexity index is 939. The zero-order valence-corrected chi connectivity index (χ0v) is 20.6. The first-order valence-corrected chi connectivity index (χ1v) is 11.7. The molecule has 0 saturated carbocycles. The molecule has 2 amide bonds. The third-order valence-corrected chi connectivity index (χ3v) is 6.21. The van der Waals surface area contributed by atoms with Crippen molar-refractivity contribution in [3.8, 4) is 0 Å². The predicted molar refractivity (Wildman–Crippen MR) is 126 cm³/mol. The Labute approximate surface area is 208 Å². The van der Waals surface area contributed by atoms with Gasteiger partial charge in [0, 0.05) is 18.1 Å². The molecule has 0 spiro atoms. The van der Waals surface area contributed by atoms with Crippen molar-refractivity contribution in [1.29, 1.82) is 0 Å². The first-order valence-electron chi connectivity index (χ1n) is 10.9. The quantitative estimate of drug-likeness (QED) is 0.455. The van der Waals surface area contributed by atoms with Crippen LogP contribution in [0.15, 0.2) is 18.2 Å². The average molecular weight is 513 g/mol. The third-order valence-electron chi connectivity index (χ3n) is 5.65. The molecule has 1 unspecified atom stereocenters. The summed E-state index contributed by atoms with van der Waals surface area (Å²) in [6.07, 6.45) is 0.370. The number of nitrogens with one attached hydrogen (secondary N) is 3. The number of hydrogen-bond donors (Lipinski definition) is 3. The number of halogens is 2. The molecule has 2 aliphatic rings. The molecule has 1 aromatic rings. The molecule has 3 atom stereocenters. The summed E-state index contributed by atoms with van der Waals surface area (Å²) in [5, 5.41) is 8.76. The molecule has 2 aliphatic heterocycles. The Hall–Kier alpha value is -2.34. The fourth-order valence-corrected chi connectivity index (χ4v) is 4.24. The van der Waals surface area contributed by atoms with Crippen LogP contribution < -0.4 is 16.0 Å². The number of nitrogens with zero attached hydrogens (tertiary/aromatic N) is 1. The number of amides is 2. The summed E-state index contributed by atoms with van der Waals surface area (Å²) in [5.74, 6) is -2.95. The molecular formula is C21H27BCl2N4O6. The maximum absolute atomic E-state index is 12.7. The van der Waals surface area contributed by atoms with Gasteiger partial charge >= 0.3 is 19.1 Å². The molecule has 2 heterocycles.